The molecule has 0 aromatic rings. The van der Waals surface area contributed by atoms with Crippen LogP contribution in [-0.2, 0) is 18.9 Å². The van der Waals surface area contributed by atoms with Crippen molar-refractivity contribution in [1.82, 2.24) is 0 Å². The van der Waals surface area contributed by atoms with Crippen molar-refractivity contribution >= 4 is 56.2 Å². The van der Waals surface area contributed by atoms with Crippen molar-refractivity contribution < 1.29 is 44.3 Å². The van der Waals surface area contributed by atoms with Crippen LogP contribution >= 0.6 is 8.69 Å². The monoisotopic (exact) mass is 280 g/mol. The van der Waals surface area contributed by atoms with Crippen LogP contribution in [0.3, 0.4) is 0 Å². The topological polar surface area (TPSA) is 169 Å². The van der Waals surface area contributed by atoms with Gasteiger partial charge in [0.2, 0.25) is 0 Å². The van der Waals surface area contributed by atoms with Gasteiger partial charge in [-0.15, -0.1) is 0 Å². The molecule has 0 amide bonds. The Morgan fingerprint density at radius 1 is 1.00 bits per heavy atom. The van der Waals surface area contributed by atoms with Gasteiger partial charge in [0.25, 0.3) is 0 Å². The maximum atomic E-state index is 10.3. The Labute approximate surface area is 119 Å². The van der Waals surface area contributed by atoms with Crippen molar-refractivity contribution in [3.63, 3.8) is 0 Å². The van der Waals surface area contributed by atoms with Crippen LogP contribution < -0.4 is 0 Å². The van der Waals surface area contributed by atoms with Crippen LogP contribution in [0.5, 0.6) is 0 Å². The predicted molar refractivity (Wildman–Crippen MR) is 54.1 cm³/mol. The second-order valence-electron chi connectivity index (χ2n) is 2.56. The molecule has 94 valence electrons. The van der Waals surface area contributed by atoms with E-state index in [-0.39, 0.29) is 29.6 Å². The standard InChI is InChI=1S/C6H8O7.Na.HO2P.H/c7-3(8)1-6(13,5(11)12)2-4(9)10;;1-3-2;/h13H,1-2H2,(H,7,8)(H,9,10)(H,11,12);;(H,1,2);. The Kier molecular flexibility index (Phi) is 13.5. The van der Waals surface area contributed by atoms with Crippen LogP contribution in [0, 0.1) is 0 Å². The fraction of sp³-hybridized carbons (Fsp3) is 0.500. The predicted octanol–water partition coefficient (Wildman–Crippen LogP) is -1.71. The summed E-state index contributed by atoms with van der Waals surface area (Å²) < 4.78 is 8.46. The van der Waals surface area contributed by atoms with E-state index in [1.165, 1.54) is 0 Å². The summed E-state index contributed by atoms with van der Waals surface area (Å²) in [5, 5.41) is 33.8. The first-order chi connectivity index (χ1) is 7.19. The summed E-state index contributed by atoms with van der Waals surface area (Å²) in [7, 11) is -0.833. The van der Waals surface area contributed by atoms with Crippen LogP contribution in [0.2, 0.25) is 0 Å². The first-order valence-electron chi connectivity index (χ1n) is 3.55. The van der Waals surface area contributed by atoms with Gasteiger partial charge in [0.05, 0.1) is 12.8 Å². The molecule has 17 heavy (non-hydrogen) atoms. The number of carbonyl (C=O) groups is 3. The first kappa shape index (κ1) is 21.7. The molecule has 0 atom stereocenters. The molecule has 0 heterocycles. The molecule has 0 rings (SSSR count). The van der Waals surface area contributed by atoms with Crippen molar-refractivity contribution in [2.75, 3.05) is 0 Å². The van der Waals surface area contributed by atoms with Gasteiger partial charge >= 0.3 is 56.2 Å². The van der Waals surface area contributed by atoms with Gasteiger partial charge in [-0.1, -0.05) is 0 Å². The van der Waals surface area contributed by atoms with E-state index in [9.17, 15) is 14.4 Å². The number of carboxylic acids is 3. The second-order valence-corrected chi connectivity index (χ2v) is 2.72. The van der Waals surface area contributed by atoms with Crippen molar-refractivity contribution in [1.29, 1.82) is 0 Å². The minimum absolute atomic E-state index is 0. The van der Waals surface area contributed by atoms with Gasteiger partial charge in [-0.25, -0.2) is 9.36 Å². The van der Waals surface area contributed by atoms with Gasteiger partial charge in [0.1, 0.15) is 0 Å². The normalized spacial score (nSPS) is 9.53. The number of aliphatic hydroxyl groups is 1. The summed E-state index contributed by atoms with van der Waals surface area (Å²) in [4.78, 5) is 37.5. The number of hydrogen-bond donors (Lipinski definition) is 5. The van der Waals surface area contributed by atoms with E-state index in [1.54, 1.807) is 0 Å². The molecule has 5 N–H and O–H groups in total. The van der Waals surface area contributed by atoms with E-state index in [4.69, 9.17) is 29.9 Å². The molecule has 0 aliphatic rings. The van der Waals surface area contributed by atoms with E-state index < -0.39 is 45.0 Å². The van der Waals surface area contributed by atoms with E-state index >= 15 is 0 Å². The summed E-state index contributed by atoms with van der Waals surface area (Å²) in [5.74, 6) is -5.02. The Bertz CT molecular complexity index is 275. The van der Waals surface area contributed by atoms with Crippen LogP contribution in [0.15, 0.2) is 0 Å². The van der Waals surface area contributed by atoms with Gasteiger partial charge < -0.3 is 25.3 Å². The zero-order valence-electron chi connectivity index (χ0n) is 7.73. The zero-order chi connectivity index (χ0) is 13.4. The van der Waals surface area contributed by atoms with E-state index in [2.05, 4.69) is 0 Å². The average molecular weight is 280 g/mol. The summed E-state index contributed by atoms with van der Waals surface area (Å²) in [5.41, 5.74) is -2.74. The van der Waals surface area contributed by atoms with E-state index in [0.29, 0.717) is 0 Å². The molecule has 0 aliphatic carbocycles. The summed E-state index contributed by atoms with van der Waals surface area (Å²) in [6.45, 7) is 0. The zero-order valence-corrected chi connectivity index (χ0v) is 8.62. The molecule has 0 saturated carbocycles. The molecule has 0 aromatic carbocycles. The van der Waals surface area contributed by atoms with Crippen molar-refractivity contribution in [3.05, 3.63) is 0 Å². The summed E-state index contributed by atoms with van der Waals surface area (Å²) in [6, 6.07) is 0. The molecule has 0 bridgehead atoms. The van der Waals surface area contributed by atoms with Crippen molar-refractivity contribution in [3.8, 4) is 0 Å². The fourth-order valence-electron chi connectivity index (χ4n) is 0.714. The van der Waals surface area contributed by atoms with Crippen LogP contribution in [0.25, 0.3) is 0 Å². The molecule has 0 fully saturated rings. The quantitative estimate of drug-likeness (QED) is 0.290. The van der Waals surface area contributed by atoms with Crippen LogP contribution in [0.1, 0.15) is 12.8 Å². The minimum atomic E-state index is -2.74. The van der Waals surface area contributed by atoms with Gasteiger partial charge in [0.15, 0.2) is 5.60 Å². The molecule has 11 heteroatoms. The van der Waals surface area contributed by atoms with Crippen LogP contribution in [0.4, 0.5) is 0 Å². The summed E-state index contributed by atoms with van der Waals surface area (Å²) >= 11 is 0. The average Bonchev–Trinajstić information content (AvgIpc) is 2.01. The Balaban J connectivity index is -0.000000440. The van der Waals surface area contributed by atoms with Gasteiger partial charge in [-0.2, -0.15) is 0 Å². The second kappa shape index (κ2) is 10.6. The first-order valence-corrected chi connectivity index (χ1v) is 4.32. The van der Waals surface area contributed by atoms with E-state index in [0.717, 1.165) is 0 Å². The molecule has 0 radical (unpaired) electrons. The SMILES string of the molecule is O=C(O)CC(O)(CC(=O)O)C(=O)O.O=PO.[NaH]. The third kappa shape index (κ3) is 11.7. The number of carboxylic acid groups (broad SMARTS) is 3. The fourth-order valence-corrected chi connectivity index (χ4v) is 0.714. The van der Waals surface area contributed by atoms with Crippen molar-refractivity contribution in [2.24, 2.45) is 0 Å². The molecule has 0 saturated heterocycles. The Morgan fingerprint density at radius 2 is 1.24 bits per heavy atom. The van der Waals surface area contributed by atoms with Crippen molar-refractivity contribution in [2.45, 2.75) is 18.4 Å². The molecule has 9 nitrogen and oxygen atoms in total. The Hall–Kier alpha value is -0.570. The molecule has 0 spiro atoms. The molecule has 0 aliphatic heterocycles. The molecular formula is C6H10NaO9P. The van der Waals surface area contributed by atoms with Gasteiger partial charge in [-0.05, 0) is 0 Å². The molecular weight excluding hydrogens is 270 g/mol. The molecule has 0 aromatic heterocycles. The Morgan fingerprint density at radius 3 is 1.35 bits per heavy atom. The van der Waals surface area contributed by atoms with Gasteiger partial charge in [-0.3, -0.25) is 9.59 Å². The number of hydrogen-bond acceptors (Lipinski definition) is 5. The third-order valence-electron chi connectivity index (χ3n) is 1.29. The number of aliphatic carboxylic acids is 3. The van der Waals surface area contributed by atoms with E-state index in [1.807, 2.05) is 0 Å². The summed E-state index contributed by atoms with van der Waals surface area (Å²) in [6.07, 6.45) is -2.29. The van der Waals surface area contributed by atoms with Gasteiger partial charge in [0, 0.05) is 0 Å². The van der Waals surface area contributed by atoms with Crippen LogP contribution in [-0.4, -0.2) is 78.4 Å². The third-order valence-corrected chi connectivity index (χ3v) is 1.29. The number of rotatable bonds is 5. The maximum absolute atomic E-state index is 10.3. The molecule has 0 unspecified atom stereocenters.